The van der Waals surface area contributed by atoms with Crippen LogP contribution in [0.2, 0.25) is 5.02 Å². The molecule has 1 aromatic rings. The van der Waals surface area contributed by atoms with Crippen molar-refractivity contribution < 1.29 is 0 Å². The Labute approximate surface area is 88.1 Å². The second kappa shape index (κ2) is 3.99. The number of hydrogen-bond donors (Lipinski definition) is 1. The number of nitrogens with one attached hydrogen (secondary N) is 1. The fourth-order valence-electron chi connectivity index (χ4n) is 1.81. The molecule has 3 heteroatoms. The van der Waals surface area contributed by atoms with Crippen molar-refractivity contribution in [2.24, 2.45) is 0 Å². The highest BCUT2D eigenvalue weighted by Crippen LogP contribution is 2.35. The Morgan fingerprint density at radius 2 is 2.38 bits per heavy atom. The number of hydrogen-bond acceptors (Lipinski definition) is 2. The van der Waals surface area contributed by atoms with Gasteiger partial charge in [0.2, 0.25) is 0 Å². The Bertz CT molecular complexity index is 289. The van der Waals surface area contributed by atoms with E-state index in [1.165, 1.54) is 29.0 Å². The van der Waals surface area contributed by atoms with Gasteiger partial charge < -0.3 is 5.32 Å². The molecule has 0 amide bonds. The van der Waals surface area contributed by atoms with Crippen LogP contribution in [0, 0.1) is 6.92 Å². The van der Waals surface area contributed by atoms with Gasteiger partial charge in [-0.05, 0) is 32.4 Å². The van der Waals surface area contributed by atoms with Gasteiger partial charge in [-0.25, -0.2) is 0 Å². The number of aryl methyl sites for hydroxylation is 1. The largest absolute Gasteiger partial charge is 0.309 e. The van der Waals surface area contributed by atoms with Gasteiger partial charge in [-0.3, -0.25) is 0 Å². The average molecular weight is 216 g/mol. The van der Waals surface area contributed by atoms with Gasteiger partial charge in [0.15, 0.2) is 0 Å². The average Bonchev–Trinajstić information content (AvgIpc) is 2.47. The maximum atomic E-state index is 6.15. The number of rotatable bonds is 1. The van der Waals surface area contributed by atoms with Gasteiger partial charge >= 0.3 is 0 Å². The molecule has 1 nitrogen and oxygen atoms in total. The Morgan fingerprint density at radius 1 is 1.54 bits per heavy atom. The van der Waals surface area contributed by atoms with Gasteiger partial charge in [0, 0.05) is 15.8 Å². The molecule has 13 heavy (non-hydrogen) atoms. The maximum Gasteiger partial charge on any atom is 0.0563 e. The van der Waals surface area contributed by atoms with E-state index in [2.05, 4.69) is 18.3 Å². The zero-order valence-corrected chi connectivity index (χ0v) is 9.34. The summed E-state index contributed by atoms with van der Waals surface area (Å²) < 4.78 is 0. The summed E-state index contributed by atoms with van der Waals surface area (Å²) in [5, 5.41) is 4.46. The lowest BCUT2D eigenvalue weighted by Crippen LogP contribution is -2.26. The van der Waals surface area contributed by atoms with E-state index in [1.807, 2.05) is 11.3 Å². The summed E-state index contributed by atoms with van der Waals surface area (Å²) in [5.74, 6) is 0. The lowest BCUT2D eigenvalue weighted by Gasteiger charge is -2.22. The van der Waals surface area contributed by atoms with Crippen LogP contribution < -0.4 is 5.32 Å². The van der Waals surface area contributed by atoms with Crippen molar-refractivity contribution >= 4 is 22.9 Å². The second-order valence-electron chi connectivity index (χ2n) is 3.57. The van der Waals surface area contributed by atoms with Gasteiger partial charge in [-0.2, -0.15) is 0 Å². The second-order valence-corrected chi connectivity index (χ2v) is 5.27. The van der Waals surface area contributed by atoms with E-state index in [1.54, 1.807) is 0 Å². The summed E-state index contributed by atoms with van der Waals surface area (Å²) in [6.45, 7) is 3.25. The van der Waals surface area contributed by atoms with E-state index in [9.17, 15) is 0 Å². The molecule has 1 aromatic heterocycles. The van der Waals surface area contributed by atoms with Crippen molar-refractivity contribution in [3.05, 3.63) is 20.8 Å². The first-order chi connectivity index (χ1) is 6.27. The molecule has 0 spiro atoms. The molecule has 0 radical (unpaired) electrons. The molecule has 1 N–H and O–H groups in total. The molecule has 1 aliphatic heterocycles. The van der Waals surface area contributed by atoms with E-state index in [-0.39, 0.29) is 0 Å². The van der Waals surface area contributed by atoms with Gasteiger partial charge in [0.05, 0.1) is 5.02 Å². The topological polar surface area (TPSA) is 12.0 Å². The van der Waals surface area contributed by atoms with Crippen LogP contribution in [0.4, 0.5) is 0 Å². The summed E-state index contributed by atoms with van der Waals surface area (Å²) >= 11 is 7.98. The first kappa shape index (κ1) is 9.50. The smallest absolute Gasteiger partial charge is 0.0563 e. The van der Waals surface area contributed by atoms with Crippen molar-refractivity contribution in [1.29, 1.82) is 0 Å². The minimum absolute atomic E-state index is 0.514. The molecular formula is C10H14ClNS. The van der Waals surface area contributed by atoms with Crippen LogP contribution in [0.3, 0.4) is 0 Å². The molecule has 1 fully saturated rings. The number of piperidine rings is 1. The molecule has 2 rings (SSSR count). The predicted octanol–water partition coefficient (Wildman–Crippen LogP) is 3.52. The van der Waals surface area contributed by atoms with Crippen molar-refractivity contribution in [1.82, 2.24) is 5.32 Å². The van der Waals surface area contributed by atoms with E-state index in [4.69, 9.17) is 11.6 Å². The molecule has 72 valence electrons. The Balaban J connectivity index is 2.18. The molecular weight excluding hydrogens is 202 g/mol. The first-order valence-electron chi connectivity index (χ1n) is 4.76. The fourth-order valence-corrected chi connectivity index (χ4v) is 3.31. The monoisotopic (exact) mass is 215 g/mol. The molecule has 0 aromatic carbocycles. The normalized spacial score (nSPS) is 23.4. The maximum absolute atomic E-state index is 6.15. The van der Waals surface area contributed by atoms with Gasteiger partial charge in [-0.1, -0.05) is 18.0 Å². The lowest BCUT2D eigenvalue weighted by molar-refractivity contribution is 0.417. The van der Waals surface area contributed by atoms with Crippen LogP contribution in [0.15, 0.2) is 6.07 Å². The molecule has 1 saturated heterocycles. The van der Waals surface area contributed by atoms with E-state index < -0.39 is 0 Å². The van der Waals surface area contributed by atoms with Crippen LogP contribution in [0.5, 0.6) is 0 Å². The Kier molecular flexibility index (Phi) is 2.92. The highest BCUT2D eigenvalue weighted by Gasteiger charge is 2.18. The molecule has 0 bridgehead atoms. The van der Waals surface area contributed by atoms with E-state index >= 15 is 0 Å². The SMILES string of the molecule is Cc1cc(Cl)c(C2CCCCN2)s1. The minimum atomic E-state index is 0.514. The fraction of sp³-hybridized carbons (Fsp3) is 0.600. The summed E-state index contributed by atoms with van der Waals surface area (Å²) in [6, 6.07) is 2.58. The Hall–Kier alpha value is -0.0500. The molecule has 1 unspecified atom stereocenters. The molecule has 0 saturated carbocycles. The minimum Gasteiger partial charge on any atom is -0.309 e. The highest BCUT2D eigenvalue weighted by atomic mass is 35.5. The molecule has 0 aliphatic carbocycles. The third kappa shape index (κ3) is 2.06. The lowest BCUT2D eigenvalue weighted by atomic mass is 10.0. The number of thiophene rings is 1. The predicted molar refractivity (Wildman–Crippen MR) is 58.7 cm³/mol. The first-order valence-corrected chi connectivity index (χ1v) is 5.96. The quantitative estimate of drug-likeness (QED) is 0.756. The summed E-state index contributed by atoms with van der Waals surface area (Å²) in [7, 11) is 0. The zero-order valence-electron chi connectivity index (χ0n) is 7.77. The summed E-state index contributed by atoms with van der Waals surface area (Å²) in [4.78, 5) is 2.64. The van der Waals surface area contributed by atoms with Crippen molar-refractivity contribution in [3.63, 3.8) is 0 Å². The van der Waals surface area contributed by atoms with Crippen LogP contribution in [-0.4, -0.2) is 6.54 Å². The molecule has 2 heterocycles. The number of halogens is 1. The van der Waals surface area contributed by atoms with Crippen LogP contribution >= 0.6 is 22.9 Å². The van der Waals surface area contributed by atoms with Gasteiger partial charge in [0.1, 0.15) is 0 Å². The van der Waals surface area contributed by atoms with Gasteiger partial charge in [-0.15, -0.1) is 11.3 Å². The van der Waals surface area contributed by atoms with E-state index in [0.29, 0.717) is 6.04 Å². The van der Waals surface area contributed by atoms with Crippen molar-refractivity contribution in [3.8, 4) is 0 Å². The van der Waals surface area contributed by atoms with Crippen LogP contribution in [0.25, 0.3) is 0 Å². The molecule has 1 atom stereocenters. The third-order valence-electron chi connectivity index (χ3n) is 2.46. The highest BCUT2D eigenvalue weighted by molar-refractivity contribution is 7.12. The Morgan fingerprint density at radius 3 is 2.92 bits per heavy atom. The van der Waals surface area contributed by atoms with E-state index in [0.717, 1.165) is 11.6 Å². The van der Waals surface area contributed by atoms with Crippen LogP contribution in [0.1, 0.15) is 35.1 Å². The van der Waals surface area contributed by atoms with Crippen molar-refractivity contribution in [2.75, 3.05) is 6.54 Å². The summed E-state index contributed by atoms with van der Waals surface area (Å²) in [5.41, 5.74) is 0. The van der Waals surface area contributed by atoms with Crippen LogP contribution in [-0.2, 0) is 0 Å². The van der Waals surface area contributed by atoms with Crippen molar-refractivity contribution in [2.45, 2.75) is 32.2 Å². The zero-order chi connectivity index (χ0) is 9.26. The van der Waals surface area contributed by atoms with Gasteiger partial charge in [0.25, 0.3) is 0 Å². The molecule has 1 aliphatic rings. The summed E-state index contributed by atoms with van der Waals surface area (Å²) in [6.07, 6.45) is 3.86. The standard InChI is InChI=1S/C10H14ClNS/c1-7-6-8(11)10(13-7)9-4-2-3-5-12-9/h6,9,12H,2-5H2,1H3. The third-order valence-corrected chi connectivity index (χ3v) is 4.05.